The van der Waals surface area contributed by atoms with E-state index in [2.05, 4.69) is 10.6 Å². The number of carboxylic acid groups (broad SMARTS) is 1. The number of ether oxygens (including phenoxy) is 1. The van der Waals surface area contributed by atoms with Crippen LogP contribution in [0.2, 0.25) is 0 Å². The molecule has 1 saturated heterocycles. The molecule has 10 heteroatoms. The second-order valence-corrected chi connectivity index (χ2v) is 6.89. The van der Waals surface area contributed by atoms with Crippen LogP contribution in [0.5, 0.6) is 0 Å². The van der Waals surface area contributed by atoms with Crippen LogP contribution in [0.4, 0.5) is 0 Å². The first-order valence-electron chi connectivity index (χ1n) is 9.50. The van der Waals surface area contributed by atoms with Gasteiger partial charge in [0.15, 0.2) is 0 Å². The molecule has 0 radical (unpaired) electrons. The Morgan fingerprint density at radius 1 is 1.23 bits per heavy atom. The maximum absolute atomic E-state index is 12.6. The van der Waals surface area contributed by atoms with E-state index in [0.29, 0.717) is 37.1 Å². The topological polar surface area (TPSA) is 149 Å². The largest absolute Gasteiger partial charge is 0.480 e. The van der Waals surface area contributed by atoms with E-state index in [0.717, 1.165) is 0 Å². The number of nitriles is 1. The van der Waals surface area contributed by atoms with E-state index in [4.69, 9.17) is 15.1 Å². The molecule has 30 heavy (non-hydrogen) atoms. The molecule has 0 unspecified atom stereocenters. The molecule has 0 aliphatic carbocycles. The molecule has 0 spiro atoms. The van der Waals surface area contributed by atoms with Gasteiger partial charge in [0.25, 0.3) is 5.91 Å². The number of hydrogen-bond donors (Lipinski definition) is 3. The highest BCUT2D eigenvalue weighted by molar-refractivity contribution is 5.97. The third kappa shape index (κ3) is 6.86. The van der Waals surface area contributed by atoms with Crippen molar-refractivity contribution in [3.8, 4) is 6.07 Å². The van der Waals surface area contributed by atoms with Crippen LogP contribution in [0, 0.1) is 11.3 Å². The molecule has 3 N–H and O–H groups in total. The molecular formula is C20H24N4O6. The number of amides is 3. The minimum Gasteiger partial charge on any atom is -0.480 e. The fraction of sp³-hybridized carbons (Fsp3) is 0.450. The summed E-state index contributed by atoms with van der Waals surface area (Å²) in [5, 5.41) is 22.2. The van der Waals surface area contributed by atoms with Crippen molar-refractivity contribution in [2.45, 2.75) is 31.9 Å². The summed E-state index contributed by atoms with van der Waals surface area (Å²) in [7, 11) is 0. The molecule has 1 atom stereocenters. The van der Waals surface area contributed by atoms with Gasteiger partial charge < -0.3 is 25.4 Å². The number of piperidine rings is 1. The van der Waals surface area contributed by atoms with E-state index in [1.165, 1.54) is 24.3 Å². The molecule has 3 amide bonds. The fourth-order valence-electron chi connectivity index (χ4n) is 2.97. The second kappa shape index (κ2) is 10.9. The van der Waals surface area contributed by atoms with Gasteiger partial charge in [-0.2, -0.15) is 5.26 Å². The van der Waals surface area contributed by atoms with Crippen molar-refractivity contribution in [3.05, 3.63) is 35.4 Å². The highest BCUT2D eigenvalue weighted by atomic mass is 16.5. The maximum atomic E-state index is 12.6. The predicted molar refractivity (Wildman–Crippen MR) is 104 cm³/mol. The smallest absolute Gasteiger partial charge is 0.322 e. The highest BCUT2D eigenvalue weighted by Crippen LogP contribution is 2.15. The Morgan fingerprint density at radius 2 is 1.87 bits per heavy atom. The van der Waals surface area contributed by atoms with Gasteiger partial charge in [-0.3, -0.25) is 19.2 Å². The van der Waals surface area contributed by atoms with E-state index >= 15 is 0 Å². The summed E-state index contributed by atoms with van der Waals surface area (Å²) in [6, 6.07) is 7.39. The molecule has 1 fully saturated rings. The van der Waals surface area contributed by atoms with Gasteiger partial charge in [0.2, 0.25) is 11.8 Å². The summed E-state index contributed by atoms with van der Waals surface area (Å²) in [5.74, 6) is -2.24. The zero-order chi connectivity index (χ0) is 22.1. The normalized spacial score (nSPS) is 15.0. The number of benzene rings is 1. The minimum atomic E-state index is -1.13. The summed E-state index contributed by atoms with van der Waals surface area (Å²) in [6.07, 6.45) is 0.871. The zero-order valence-electron chi connectivity index (χ0n) is 16.6. The molecule has 1 aliphatic rings. The number of nitrogens with zero attached hydrogens (tertiary/aromatic N) is 2. The lowest BCUT2D eigenvalue weighted by Gasteiger charge is -2.33. The van der Waals surface area contributed by atoms with Crippen LogP contribution in [0.15, 0.2) is 24.3 Å². The summed E-state index contributed by atoms with van der Waals surface area (Å²) < 4.78 is 5.47. The maximum Gasteiger partial charge on any atom is 0.322 e. The molecule has 1 heterocycles. The third-order valence-corrected chi connectivity index (χ3v) is 4.63. The van der Waals surface area contributed by atoms with Gasteiger partial charge in [-0.15, -0.1) is 0 Å². The third-order valence-electron chi connectivity index (χ3n) is 4.63. The lowest BCUT2D eigenvalue weighted by Crippen LogP contribution is -2.50. The molecule has 0 aromatic heterocycles. The SMILES string of the molecule is C[C@H](NC(=O)c1ccc(C#N)cc1)C(=O)N1CCC(OCC(=O)NCC(=O)O)CC1. The molecule has 2 rings (SSSR count). The first-order chi connectivity index (χ1) is 14.3. The van der Waals surface area contributed by atoms with Crippen molar-refractivity contribution < 1.29 is 29.0 Å². The molecule has 1 aromatic carbocycles. The summed E-state index contributed by atoms with van der Waals surface area (Å²) in [5.41, 5.74) is 0.807. The minimum absolute atomic E-state index is 0.201. The number of likely N-dealkylation sites (tertiary alicyclic amines) is 1. The average Bonchev–Trinajstić information content (AvgIpc) is 2.76. The quantitative estimate of drug-likeness (QED) is 0.535. The van der Waals surface area contributed by atoms with Gasteiger partial charge in [-0.25, -0.2) is 0 Å². The lowest BCUT2D eigenvalue weighted by molar-refractivity contribution is -0.140. The van der Waals surface area contributed by atoms with Crippen molar-refractivity contribution >= 4 is 23.7 Å². The number of aliphatic carboxylic acids is 1. The molecule has 10 nitrogen and oxygen atoms in total. The second-order valence-electron chi connectivity index (χ2n) is 6.89. The van der Waals surface area contributed by atoms with Crippen LogP contribution in [0.1, 0.15) is 35.7 Å². The molecule has 1 aliphatic heterocycles. The van der Waals surface area contributed by atoms with Gasteiger partial charge in [0, 0.05) is 18.7 Å². The van der Waals surface area contributed by atoms with E-state index in [1.807, 2.05) is 6.07 Å². The monoisotopic (exact) mass is 416 g/mol. The van der Waals surface area contributed by atoms with Crippen LogP contribution in [-0.4, -0.2) is 72.1 Å². The van der Waals surface area contributed by atoms with E-state index in [-0.39, 0.29) is 18.6 Å². The standard InChI is InChI=1S/C20H24N4O6/c1-13(23-19(28)15-4-2-14(10-21)3-5-15)20(29)24-8-6-16(7-9-24)30-12-17(25)22-11-18(26)27/h2-5,13,16H,6-9,11-12H2,1H3,(H,22,25)(H,23,28)(H,26,27)/t13-/m0/s1. The number of hydrogen-bond acceptors (Lipinski definition) is 6. The number of carboxylic acids is 1. The van der Waals surface area contributed by atoms with Gasteiger partial charge in [-0.05, 0) is 44.0 Å². The molecule has 0 bridgehead atoms. The zero-order valence-corrected chi connectivity index (χ0v) is 16.6. The van der Waals surface area contributed by atoms with Crippen LogP contribution in [0.25, 0.3) is 0 Å². The van der Waals surface area contributed by atoms with Crippen molar-refractivity contribution in [2.75, 3.05) is 26.2 Å². The Bertz CT molecular complexity index is 825. The van der Waals surface area contributed by atoms with Crippen LogP contribution in [0.3, 0.4) is 0 Å². The van der Waals surface area contributed by atoms with Crippen LogP contribution >= 0.6 is 0 Å². The van der Waals surface area contributed by atoms with Crippen LogP contribution < -0.4 is 10.6 Å². The van der Waals surface area contributed by atoms with Gasteiger partial charge >= 0.3 is 5.97 Å². The van der Waals surface area contributed by atoms with Gasteiger partial charge in [0.1, 0.15) is 19.2 Å². The summed E-state index contributed by atoms with van der Waals surface area (Å²) >= 11 is 0. The van der Waals surface area contributed by atoms with E-state index in [9.17, 15) is 19.2 Å². The number of carbonyl (C=O) groups excluding carboxylic acids is 3. The molecular weight excluding hydrogens is 392 g/mol. The van der Waals surface area contributed by atoms with Crippen molar-refractivity contribution in [2.24, 2.45) is 0 Å². The Labute approximate surface area is 173 Å². The van der Waals surface area contributed by atoms with Crippen molar-refractivity contribution in [1.82, 2.24) is 15.5 Å². The molecule has 160 valence electrons. The lowest BCUT2D eigenvalue weighted by atomic mass is 10.1. The first-order valence-corrected chi connectivity index (χ1v) is 9.50. The van der Waals surface area contributed by atoms with E-state index in [1.54, 1.807) is 11.8 Å². The average molecular weight is 416 g/mol. The first kappa shape index (κ1) is 22.8. The molecule has 0 saturated carbocycles. The highest BCUT2D eigenvalue weighted by Gasteiger charge is 2.27. The van der Waals surface area contributed by atoms with Gasteiger partial charge in [-0.1, -0.05) is 0 Å². The number of rotatable bonds is 8. The Hall–Kier alpha value is -3.45. The van der Waals surface area contributed by atoms with E-state index < -0.39 is 30.4 Å². The summed E-state index contributed by atoms with van der Waals surface area (Å²) in [4.78, 5) is 48.4. The van der Waals surface area contributed by atoms with Crippen molar-refractivity contribution in [3.63, 3.8) is 0 Å². The Kier molecular flexibility index (Phi) is 8.31. The summed E-state index contributed by atoms with van der Waals surface area (Å²) in [6.45, 7) is 1.78. The number of carbonyl (C=O) groups is 4. The van der Waals surface area contributed by atoms with Crippen molar-refractivity contribution in [1.29, 1.82) is 5.26 Å². The molecule has 1 aromatic rings. The fourth-order valence-corrected chi connectivity index (χ4v) is 2.97. The Morgan fingerprint density at radius 3 is 2.43 bits per heavy atom. The number of nitrogens with one attached hydrogen (secondary N) is 2. The predicted octanol–water partition coefficient (Wildman–Crippen LogP) is -0.115. The van der Waals surface area contributed by atoms with Gasteiger partial charge in [0.05, 0.1) is 17.7 Å². The van der Waals surface area contributed by atoms with Crippen LogP contribution in [-0.2, 0) is 19.1 Å². The Balaban J connectivity index is 1.74.